The van der Waals surface area contributed by atoms with Crippen LogP contribution in [0, 0.1) is 34.5 Å². The number of benzene rings is 4. The Morgan fingerprint density at radius 1 is 0.489 bits per heavy atom. The largest absolute Gasteiger partial charge is 0.356 e. The van der Waals surface area contributed by atoms with Crippen molar-refractivity contribution in [2.24, 2.45) is 11.8 Å². The van der Waals surface area contributed by atoms with E-state index in [1.54, 1.807) is 0 Å². The van der Waals surface area contributed by atoms with Crippen molar-refractivity contribution >= 4 is 0 Å². The molecule has 2 atom stereocenters. The van der Waals surface area contributed by atoms with E-state index in [4.69, 9.17) is 4.74 Å². The number of hydrogen-bond donors (Lipinski definition) is 0. The van der Waals surface area contributed by atoms with Gasteiger partial charge in [0.25, 0.3) is 0 Å². The van der Waals surface area contributed by atoms with Crippen molar-refractivity contribution in [2.45, 2.75) is 102 Å². The molecule has 0 aliphatic heterocycles. The second-order valence-electron chi connectivity index (χ2n) is 13.9. The van der Waals surface area contributed by atoms with Crippen molar-refractivity contribution < 1.29 is 4.74 Å². The molecule has 6 rings (SSSR count). The Labute approximate surface area is 282 Å². The SMILES string of the molecule is CCC1CCC(c2ccc(C(OC(c3ccc(C#N)cc3)c3ccc(C4CCC(CC)CC4)cc3)c3ccc(C#N)cc3)cc2)CC1. The molecule has 4 aromatic rings. The molecule has 240 valence electrons. The zero-order valence-corrected chi connectivity index (χ0v) is 28.1. The van der Waals surface area contributed by atoms with Gasteiger partial charge in [-0.15, -0.1) is 0 Å². The molecule has 2 fully saturated rings. The first-order valence-corrected chi connectivity index (χ1v) is 17.9. The third-order valence-corrected chi connectivity index (χ3v) is 11.2. The standard InChI is InChI=1S/C44H48N2O/c1-3-31-5-13-35(14-6-31)37-21-25-41(26-22-37)43(39-17-9-33(29-45)10-18-39)47-44(40-19-11-34(30-46)12-20-40)42-27-23-38(24-28-42)36-15-7-32(4-2)8-16-36/h9-12,17-28,31-32,35-36,43-44H,3-8,13-16H2,1-2H3. The second-order valence-corrected chi connectivity index (χ2v) is 13.9. The number of ether oxygens (including phenoxy) is 1. The van der Waals surface area contributed by atoms with E-state index in [2.05, 4.69) is 74.5 Å². The van der Waals surface area contributed by atoms with Gasteiger partial charge in [0.1, 0.15) is 12.2 Å². The summed E-state index contributed by atoms with van der Waals surface area (Å²) in [5.74, 6) is 3.01. The highest BCUT2D eigenvalue weighted by atomic mass is 16.5. The molecule has 3 nitrogen and oxygen atoms in total. The number of nitrogens with zero attached hydrogens (tertiary/aromatic N) is 2. The van der Waals surface area contributed by atoms with E-state index in [9.17, 15) is 10.5 Å². The summed E-state index contributed by atoms with van der Waals surface area (Å²) in [5, 5.41) is 19.0. The van der Waals surface area contributed by atoms with Gasteiger partial charge >= 0.3 is 0 Å². The summed E-state index contributed by atoms with van der Waals surface area (Å²) >= 11 is 0. The van der Waals surface area contributed by atoms with Crippen LogP contribution >= 0.6 is 0 Å². The molecule has 3 heteroatoms. The van der Waals surface area contributed by atoms with Gasteiger partial charge in [0.05, 0.1) is 23.3 Å². The van der Waals surface area contributed by atoms with Crippen LogP contribution < -0.4 is 0 Å². The maximum Gasteiger partial charge on any atom is 0.109 e. The fraction of sp³-hybridized carbons (Fsp3) is 0.409. The van der Waals surface area contributed by atoms with Gasteiger partial charge in [-0.2, -0.15) is 10.5 Å². The topological polar surface area (TPSA) is 56.8 Å². The Bertz CT molecular complexity index is 1520. The summed E-state index contributed by atoms with van der Waals surface area (Å²) in [6.07, 6.45) is 12.3. The highest BCUT2D eigenvalue weighted by molar-refractivity contribution is 5.41. The summed E-state index contributed by atoms with van der Waals surface area (Å²) in [6.45, 7) is 4.64. The summed E-state index contributed by atoms with van der Waals surface area (Å²) in [6, 6.07) is 38.4. The smallest absolute Gasteiger partial charge is 0.109 e. The molecule has 0 N–H and O–H groups in total. The van der Waals surface area contributed by atoms with Gasteiger partial charge in [0.2, 0.25) is 0 Å². The first-order chi connectivity index (χ1) is 23.1. The average Bonchev–Trinajstić information content (AvgIpc) is 3.16. The molecule has 2 unspecified atom stereocenters. The zero-order valence-electron chi connectivity index (χ0n) is 28.1. The maximum atomic E-state index is 9.49. The summed E-state index contributed by atoms with van der Waals surface area (Å²) < 4.78 is 7.20. The van der Waals surface area contributed by atoms with E-state index in [-0.39, 0.29) is 12.2 Å². The molecule has 0 aromatic heterocycles. The average molecular weight is 621 g/mol. The number of rotatable bonds is 10. The first kappa shape index (κ1) is 32.7. The van der Waals surface area contributed by atoms with Gasteiger partial charge in [-0.25, -0.2) is 0 Å². The Kier molecular flexibility index (Phi) is 10.9. The predicted octanol–water partition coefficient (Wildman–Crippen LogP) is 11.7. The lowest BCUT2D eigenvalue weighted by Crippen LogP contribution is -2.15. The molecular formula is C44H48N2O. The van der Waals surface area contributed by atoms with Crippen LogP contribution in [0.1, 0.15) is 147 Å². The van der Waals surface area contributed by atoms with Crippen LogP contribution in [-0.2, 0) is 4.74 Å². The van der Waals surface area contributed by atoms with Crippen LogP contribution in [0.5, 0.6) is 0 Å². The normalized spacial score (nSPS) is 22.5. The van der Waals surface area contributed by atoms with E-state index >= 15 is 0 Å². The minimum atomic E-state index is -0.336. The van der Waals surface area contributed by atoms with Crippen LogP contribution in [0.3, 0.4) is 0 Å². The van der Waals surface area contributed by atoms with Gasteiger partial charge in [-0.05, 0) is 133 Å². The van der Waals surface area contributed by atoms with Crippen LogP contribution in [0.15, 0.2) is 97.1 Å². The van der Waals surface area contributed by atoms with Gasteiger partial charge in [-0.3, -0.25) is 0 Å². The summed E-state index contributed by atoms with van der Waals surface area (Å²) in [7, 11) is 0. The van der Waals surface area contributed by atoms with Crippen LogP contribution in [0.25, 0.3) is 0 Å². The number of hydrogen-bond acceptors (Lipinski definition) is 3. The molecule has 0 heterocycles. The molecule has 0 saturated heterocycles. The van der Waals surface area contributed by atoms with Crippen molar-refractivity contribution in [1.82, 2.24) is 0 Å². The molecule has 2 saturated carbocycles. The van der Waals surface area contributed by atoms with Crippen molar-refractivity contribution in [3.8, 4) is 12.1 Å². The van der Waals surface area contributed by atoms with Crippen LogP contribution in [-0.4, -0.2) is 0 Å². The van der Waals surface area contributed by atoms with Crippen molar-refractivity contribution in [3.05, 3.63) is 142 Å². The van der Waals surface area contributed by atoms with Gasteiger partial charge in [0.15, 0.2) is 0 Å². The molecule has 2 aliphatic rings. The van der Waals surface area contributed by atoms with E-state index < -0.39 is 0 Å². The summed E-state index contributed by atoms with van der Waals surface area (Å²) in [4.78, 5) is 0. The highest BCUT2D eigenvalue weighted by Gasteiger charge is 2.26. The van der Waals surface area contributed by atoms with E-state index in [0.29, 0.717) is 23.0 Å². The molecule has 0 radical (unpaired) electrons. The lowest BCUT2D eigenvalue weighted by Gasteiger charge is -2.30. The van der Waals surface area contributed by atoms with Gasteiger partial charge < -0.3 is 4.74 Å². The molecule has 0 bridgehead atoms. The Hall–Kier alpha value is -4.18. The summed E-state index contributed by atoms with van der Waals surface area (Å²) in [5.41, 5.74) is 8.36. The van der Waals surface area contributed by atoms with E-state index in [1.807, 2.05) is 48.5 Å². The van der Waals surface area contributed by atoms with E-state index in [1.165, 1.54) is 75.3 Å². The molecule has 0 amide bonds. The highest BCUT2D eigenvalue weighted by Crippen LogP contribution is 2.41. The van der Waals surface area contributed by atoms with Crippen LogP contribution in [0.4, 0.5) is 0 Å². The number of nitriles is 2. The fourth-order valence-electron chi connectivity index (χ4n) is 7.99. The maximum absolute atomic E-state index is 9.49. The molecule has 47 heavy (non-hydrogen) atoms. The Morgan fingerprint density at radius 3 is 1.06 bits per heavy atom. The van der Waals surface area contributed by atoms with Crippen molar-refractivity contribution in [3.63, 3.8) is 0 Å². The Balaban J connectivity index is 1.32. The minimum absolute atomic E-state index is 0.336. The second kappa shape index (κ2) is 15.6. The fourth-order valence-corrected chi connectivity index (χ4v) is 7.99. The lowest BCUT2D eigenvalue weighted by atomic mass is 9.77. The third-order valence-electron chi connectivity index (χ3n) is 11.2. The predicted molar refractivity (Wildman–Crippen MR) is 190 cm³/mol. The zero-order chi connectivity index (χ0) is 32.6. The molecule has 4 aromatic carbocycles. The minimum Gasteiger partial charge on any atom is -0.356 e. The van der Waals surface area contributed by atoms with E-state index in [0.717, 1.165) is 34.1 Å². The Morgan fingerprint density at radius 2 is 0.787 bits per heavy atom. The quantitative estimate of drug-likeness (QED) is 0.177. The lowest BCUT2D eigenvalue weighted by molar-refractivity contribution is 0.0308. The molecule has 0 spiro atoms. The van der Waals surface area contributed by atoms with Gasteiger partial charge in [-0.1, -0.05) is 99.5 Å². The molecular weight excluding hydrogens is 572 g/mol. The third kappa shape index (κ3) is 7.87. The van der Waals surface area contributed by atoms with Crippen molar-refractivity contribution in [1.29, 1.82) is 10.5 Å². The van der Waals surface area contributed by atoms with Crippen LogP contribution in [0.2, 0.25) is 0 Å². The molecule has 2 aliphatic carbocycles. The van der Waals surface area contributed by atoms with Gasteiger partial charge in [0, 0.05) is 0 Å². The first-order valence-electron chi connectivity index (χ1n) is 17.9. The monoisotopic (exact) mass is 620 g/mol. The van der Waals surface area contributed by atoms with Crippen molar-refractivity contribution in [2.75, 3.05) is 0 Å².